The summed E-state index contributed by atoms with van der Waals surface area (Å²) < 4.78 is 0. The molecule has 4 N–H and O–H groups in total. The zero-order chi connectivity index (χ0) is 11.3. The lowest BCUT2D eigenvalue weighted by molar-refractivity contribution is -0.120. The summed E-state index contributed by atoms with van der Waals surface area (Å²) in [5, 5.41) is 12.0. The van der Waals surface area contributed by atoms with Crippen molar-refractivity contribution in [1.29, 1.82) is 0 Å². The summed E-state index contributed by atoms with van der Waals surface area (Å²) in [5.74, 6) is 0.0886. The van der Waals surface area contributed by atoms with Gasteiger partial charge in [0.15, 0.2) is 0 Å². The smallest absolute Gasteiger partial charge is 0.224 e. The van der Waals surface area contributed by atoms with E-state index >= 15 is 0 Å². The summed E-state index contributed by atoms with van der Waals surface area (Å²) >= 11 is 0. The van der Waals surface area contributed by atoms with Crippen LogP contribution in [0.15, 0.2) is 24.3 Å². The Morgan fingerprint density at radius 3 is 2.93 bits per heavy atom. The van der Waals surface area contributed by atoms with E-state index < -0.39 is 0 Å². The highest BCUT2D eigenvalue weighted by Crippen LogP contribution is 2.11. The molecule has 0 aliphatic rings. The lowest BCUT2D eigenvalue weighted by atomic mass is 10.1. The van der Waals surface area contributed by atoms with Gasteiger partial charge in [0.2, 0.25) is 5.91 Å². The number of benzene rings is 1. The molecule has 0 aromatic heterocycles. The molecule has 1 rings (SSSR count). The van der Waals surface area contributed by atoms with Crippen LogP contribution < -0.4 is 11.1 Å². The molecule has 82 valence electrons. The zero-order valence-corrected chi connectivity index (χ0v) is 8.73. The van der Waals surface area contributed by atoms with Crippen LogP contribution in [0.2, 0.25) is 0 Å². The quantitative estimate of drug-likeness (QED) is 0.670. The molecule has 4 nitrogen and oxygen atoms in total. The number of phenols is 1. The zero-order valence-electron chi connectivity index (χ0n) is 8.73. The van der Waals surface area contributed by atoms with Gasteiger partial charge < -0.3 is 16.2 Å². The van der Waals surface area contributed by atoms with Gasteiger partial charge in [-0.2, -0.15) is 0 Å². The average Bonchev–Trinajstić information content (AvgIpc) is 2.17. The maximum Gasteiger partial charge on any atom is 0.224 e. The Hall–Kier alpha value is -1.55. The van der Waals surface area contributed by atoms with Crippen LogP contribution in [0.5, 0.6) is 5.75 Å². The topological polar surface area (TPSA) is 75.3 Å². The first-order valence-corrected chi connectivity index (χ1v) is 4.89. The Morgan fingerprint density at radius 2 is 2.33 bits per heavy atom. The lowest BCUT2D eigenvalue weighted by Gasteiger charge is -2.11. The molecule has 0 heterocycles. The Labute approximate surface area is 89.1 Å². The summed E-state index contributed by atoms with van der Waals surface area (Å²) in [5.41, 5.74) is 6.17. The van der Waals surface area contributed by atoms with Crippen LogP contribution in [0.25, 0.3) is 0 Å². The van der Waals surface area contributed by atoms with Crippen LogP contribution in [0, 0.1) is 0 Å². The highest BCUT2D eigenvalue weighted by Gasteiger charge is 2.06. The van der Waals surface area contributed by atoms with Crippen LogP contribution in [0.4, 0.5) is 0 Å². The number of amides is 1. The maximum atomic E-state index is 11.4. The molecule has 0 aliphatic carbocycles. The normalized spacial score (nSPS) is 12.1. The molecule has 0 bridgehead atoms. The molecule has 0 unspecified atom stereocenters. The van der Waals surface area contributed by atoms with Gasteiger partial charge in [-0.1, -0.05) is 12.1 Å². The van der Waals surface area contributed by atoms with Crippen molar-refractivity contribution in [3.8, 4) is 5.75 Å². The maximum absolute atomic E-state index is 11.4. The van der Waals surface area contributed by atoms with E-state index in [2.05, 4.69) is 5.32 Å². The molecule has 1 aromatic carbocycles. The van der Waals surface area contributed by atoms with Crippen molar-refractivity contribution >= 4 is 5.91 Å². The molecule has 15 heavy (non-hydrogen) atoms. The number of rotatable bonds is 4. The summed E-state index contributed by atoms with van der Waals surface area (Å²) in [6.45, 7) is 2.27. The third-order valence-electron chi connectivity index (χ3n) is 2.04. The molecule has 1 amide bonds. The van der Waals surface area contributed by atoms with E-state index in [0.29, 0.717) is 6.54 Å². The monoisotopic (exact) mass is 208 g/mol. The first-order valence-electron chi connectivity index (χ1n) is 4.89. The lowest BCUT2D eigenvalue weighted by Crippen LogP contribution is -2.38. The summed E-state index contributed by atoms with van der Waals surface area (Å²) in [6, 6.07) is 6.64. The standard InChI is InChI=1S/C11H16N2O2/c1-8(7-12)13-11(15)6-9-3-2-4-10(14)5-9/h2-5,8,14H,6-7,12H2,1H3,(H,13,15)/t8-/m1/s1. The summed E-state index contributed by atoms with van der Waals surface area (Å²) in [6.07, 6.45) is 0.263. The molecule has 4 heteroatoms. The predicted molar refractivity (Wildman–Crippen MR) is 58.5 cm³/mol. The molecule has 0 radical (unpaired) electrons. The van der Waals surface area contributed by atoms with Gasteiger partial charge in [-0.25, -0.2) is 0 Å². The second-order valence-electron chi connectivity index (χ2n) is 3.55. The van der Waals surface area contributed by atoms with Gasteiger partial charge in [0.05, 0.1) is 6.42 Å². The van der Waals surface area contributed by atoms with Crippen molar-refractivity contribution in [3.63, 3.8) is 0 Å². The van der Waals surface area contributed by atoms with E-state index in [1.54, 1.807) is 24.3 Å². The highest BCUT2D eigenvalue weighted by atomic mass is 16.3. The number of nitrogens with two attached hydrogens (primary N) is 1. The molecular formula is C11H16N2O2. The Bertz CT molecular complexity index is 339. The van der Waals surface area contributed by atoms with E-state index in [1.165, 1.54) is 0 Å². The van der Waals surface area contributed by atoms with Crippen molar-refractivity contribution < 1.29 is 9.90 Å². The minimum atomic E-state index is -0.0847. The third kappa shape index (κ3) is 3.99. The number of carbonyl (C=O) groups excluding carboxylic acids is 1. The van der Waals surface area contributed by atoms with Gasteiger partial charge in [0.25, 0.3) is 0 Å². The molecule has 0 saturated heterocycles. The van der Waals surface area contributed by atoms with E-state index in [-0.39, 0.29) is 24.1 Å². The Kier molecular flexibility index (Phi) is 4.12. The van der Waals surface area contributed by atoms with Crippen molar-refractivity contribution in [2.75, 3.05) is 6.54 Å². The molecule has 0 saturated carbocycles. The number of phenolic OH excluding ortho intramolecular Hbond substituents is 1. The molecule has 1 atom stereocenters. The van der Waals surface area contributed by atoms with Gasteiger partial charge in [-0.05, 0) is 24.6 Å². The van der Waals surface area contributed by atoms with Crippen LogP contribution in [-0.4, -0.2) is 23.6 Å². The number of carbonyl (C=O) groups is 1. The second-order valence-corrected chi connectivity index (χ2v) is 3.55. The van der Waals surface area contributed by atoms with Crippen LogP contribution >= 0.6 is 0 Å². The SMILES string of the molecule is C[C@H](CN)NC(=O)Cc1cccc(O)c1. The first-order chi connectivity index (χ1) is 7.11. The third-order valence-corrected chi connectivity index (χ3v) is 2.04. The number of hydrogen-bond donors (Lipinski definition) is 3. The van der Waals surface area contributed by atoms with Crippen LogP contribution in [-0.2, 0) is 11.2 Å². The van der Waals surface area contributed by atoms with Crippen LogP contribution in [0.3, 0.4) is 0 Å². The summed E-state index contributed by atoms with van der Waals surface area (Å²) in [7, 11) is 0. The molecule has 0 aliphatic heterocycles. The fourth-order valence-corrected chi connectivity index (χ4v) is 1.24. The fraction of sp³-hybridized carbons (Fsp3) is 0.364. The molecule has 0 fully saturated rings. The Morgan fingerprint density at radius 1 is 1.60 bits per heavy atom. The van der Waals surface area contributed by atoms with E-state index in [0.717, 1.165) is 5.56 Å². The van der Waals surface area contributed by atoms with Gasteiger partial charge in [0.1, 0.15) is 5.75 Å². The van der Waals surface area contributed by atoms with Gasteiger partial charge in [-0.3, -0.25) is 4.79 Å². The van der Waals surface area contributed by atoms with Gasteiger partial charge in [-0.15, -0.1) is 0 Å². The van der Waals surface area contributed by atoms with Crippen molar-refractivity contribution in [3.05, 3.63) is 29.8 Å². The summed E-state index contributed by atoms with van der Waals surface area (Å²) in [4.78, 5) is 11.4. The van der Waals surface area contributed by atoms with E-state index in [4.69, 9.17) is 5.73 Å². The number of nitrogens with one attached hydrogen (secondary N) is 1. The first kappa shape index (κ1) is 11.5. The van der Waals surface area contributed by atoms with Crippen molar-refractivity contribution in [2.45, 2.75) is 19.4 Å². The van der Waals surface area contributed by atoms with Crippen molar-refractivity contribution in [2.24, 2.45) is 5.73 Å². The molecule has 0 spiro atoms. The van der Waals surface area contributed by atoms with Crippen LogP contribution in [0.1, 0.15) is 12.5 Å². The van der Waals surface area contributed by atoms with E-state index in [1.807, 2.05) is 6.92 Å². The Balaban J connectivity index is 2.51. The molecular weight excluding hydrogens is 192 g/mol. The minimum Gasteiger partial charge on any atom is -0.508 e. The predicted octanol–water partition coefficient (Wildman–Crippen LogP) is 0.398. The second kappa shape index (κ2) is 5.36. The van der Waals surface area contributed by atoms with Gasteiger partial charge >= 0.3 is 0 Å². The highest BCUT2D eigenvalue weighted by molar-refractivity contribution is 5.78. The number of hydrogen-bond acceptors (Lipinski definition) is 3. The average molecular weight is 208 g/mol. The molecule has 1 aromatic rings. The van der Waals surface area contributed by atoms with E-state index in [9.17, 15) is 9.90 Å². The largest absolute Gasteiger partial charge is 0.508 e. The van der Waals surface area contributed by atoms with Crippen molar-refractivity contribution in [1.82, 2.24) is 5.32 Å². The van der Waals surface area contributed by atoms with Gasteiger partial charge in [0, 0.05) is 12.6 Å². The fourth-order valence-electron chi connectivity index (χ4n) is 1.24. The minimum absolute atomic E-state index is 0.0187. The number of aromatic hydroxyl groups is 1.